The van der Waals surface area contributed by atoms with E-state index in [2.05, 4.69) is 37.3 Å². The molecule has 0 radical (unpaired) electrons. The van der Waals surface area contributed by atoms with Crippen molar-refractivity contribution in [2.45, 2.75) is 45.1 Å². The molecule has 2 aromatic rings. The summed E-state index contributed by atoms with van der Waals surface area (Å²) < 4.78 is 0. The van der Waals surface area contributed by atoms with E-state index in [1.807, 2.05) is 6.07 Å². The van der Waals surface area contributed by atoms with Gasteiger partial charge in [0, 0.05) is 11.4 Å². The molecule has 1 unspecified atom stereocenters. The van der Waals surface area contributed by atoms with Crippen LogP contribution < -0.4 is 5.73 Å². The van der Waals surface area contributed by atoms with Crippen LogP contribution in [0.4, 0.5) is 0 Å². The van der Waals surface area contributed by atoms with Gasteiger partial charge in [-0.25, -0.2) is 0 Å². The zero-order valence-corrected chi connectivity index (χ0v) is 12.3. The molecule has 2 N–H and O–H groups in total. The van der Waals surface area contributed by atoms with E-state index in [-0.39, 0.29) is 6.04 Å². The molecule has 0 saturated heterocycles. The van der Waals surface area contributed by atoms with Gasteiger partial charge >= 0.3 is 0 Å². The smallest absolute Gasteiger partial charge is 0.0706 e. The number of nitrogens with zero attached hydrogens (tertiary/aromatic N) is 1. The van der Waals surface area contributed by atoms with Crippen LogP contribution in [0.5, 0.6) is 0 Å². The zero-order chi connectivity index (χ0) is 13.9. The van der Waals surface area contributed by atoms with Crippen LogP contribution in [0.2, 0.25) is 0 Å². The predicted molar refractivity (Wildman–Crippen MR) is 84.4 cm³/mol. The minimum atomic E-state index is 0.0948. The normalized spacial score (nSPS) is 24.7. The van der Waals surface area contributed by atoms with Gasteiger partial charge in [0.2, 0.25) is 0 Å². The van der Waals surface area contributed by atoms with E-state index in [1.165, 1.54) is 37.5 Å². The molecule has 0 bridgehead atoms. The molecule has 0 spiro atoms. The van der Waals surface area contributed by atoms with Crippen molar-refractivity contribution >= 4 is 10.9 Å². The van der Waals surface area contributed by atoms with E-state index >= 15 is 0 Å². The second-order valence-electron chi connectivity index (χ2n) is 6.14. The van der Waals surface area contributed by atoms with Crippen molar-refractivity contribution in [2.24, 2.45) is 17.6 Å². The van der Waals surface area contributed by atoms with Crippen LogP contribution in [0.1, 0.15) is 50.8 Å². The Morgan fingerprint density at radius 2 is 1.85 bits per heavy atom. The van der Waals surface area contributed by atoms with Crippen LogP contribution in [0, 0.1) is 11.8 Å². The van der Waals surface area contributed by atoms with E-state index in [0.717, 1.165) is 17.1 Å². The standard InChI is InChI=1S/C18H24N2/c1-2-13-7-9-15(10-8-13)18(19)17-12-11-14-5-3-4-6-16(14)20-17/h3-6,11-13,15,18H,2,7-10,19H2,1H3. The van der Waals surface area contributed by atoms with Crippen molar-refractivity contribution in [3.8, 4) is 0 Å². The molecule has 20 heavy (non-hydrogen) atoms. The highest BCUT2D eigenvalue weighted by molar-refractivity contribution is 5.78. The second kappa shape index (κ2) is 5.92. The first-order valence-electron chi connectivity index (χ1n) is 7.89. The number of pyridine rings is 1. The number of hydrogen-bond donors (Lipinski definition) is 1. The maximum atomic E-state index is 6.49. The SMILES string of the molecule is CCC1CCC(C(N)c2ccc3ccccc3n2)CC1. The van der Waals surface area contributed by atoms with Gasteiger partial charge in [0.25, 0.3) is 0 Å². The highest BCUT2D eigenvalue weighted by atomic mass is 14.8. The fourth-order valence-electron chi connectivity index (χ4n) is 3.46. The summed E-state index contributed by atoms with van der Waals surface area (Å²) in [7, 11) is 0. The molecule has 1 heterocycles. The molecule has 2 heteroatoms. The number of rotatable bonds is 3. The molecule has 1 aliphatic rings. The van der Waals surface area contributed by atoms with Crippen LogP contribution in [0.25, 0.3) is 10.9 Å². The third-order valence-electron chi connectivity index (χ3n) is 4.94. The largest absolute Gasteiger partial charge is 0.322 e. The van der Waals surface area contributed by atoms with Crippen molar-refractivity contribution in [3.05, 3.63) is 42.1 Å². The van der Waals surface area contributed by atoms with Crippen molar-refractivity contribution < 1.29 is 0 Å². The Kier molecular flexibility index (Phi) is 4.02. The predicted octanol–water partition coefficient (Wildman–Crippen LogP) is 4.45. The van der Waals surface area contributed by atoms with E-state index in [0.29, 0.717) is 5.92 Å². The van der Waals surface area contributed by atoms with Crippen LogP contribution >= 0.6 is 0 Å². The van der Waals surface area contributed by atoms with Gasteiger partial charge in [-0.05, 0) is 36.8 Å². The van der Waals surface area contributed by atoms with Gasteiger partial charge < -0.3 is 5.73 Å². The fraction of sp³-hybridized carbons (Fsp3) is 0.500. The van der Waals surface area contributed by atoms with Gasteiger partial charge in [-0.1, -0.05) is 50.5 Å². The van der Waals surface area contributed by atoms with E-state index in [4.69, 9.17) is 10.7 Å². The van der Waals surface area contributed by atoms with Crippen molar-refractivity contribution in [3.63, 3.8) is 0 Å². The molecule has 0 aliphatic heterocycles. The first-order chi connectivity index (χ1) is 9.78. The van der Waals surface area contributed by atoms with Gasteiger partial charge in [0.15, 0.2) is 0 Å². The maximum Gasteiger partial charge on any atom is 0.0706 e. The topological polar surface area (TPSA) is 38.9 Å². The number of para-hydroxylation sites is 1. The Bertz CT molecular complexity index is 570. The highest BCUT2D eigenvalue weighted by Crippen LogP contribution is 2.36. The van der Waals surface area contributed by atoms with Gasteiger partial charge in [0.1, 0.15) is 0 Å². The van der Waals surface area contributed by atoms with Crippen molar-refractivity contribution in [1.82, 2.24) is 4.98 Å². The number of benzene rings is 1. The van der Waals surface area contributed by atoms with Crippen LogP contribution in [0.3, 0.4) is 0 Å². The van der Waals surface area contributed by atoms with E-state index in [9.17, 15) is 0 Å². The summed E-state index contributed by atoms with van der Waals surface area (Å²) in [5.74, 6) is 1.52. The van der Waals surface area contributed by atoms with Gasteiger partial charge in [-0.15, -0.1) is 0 Å². The zero-order valence-electron chi connectivity index (χ0n) is 12.3. The monoisotopic (exact) mass is 268 g/mol. The molecular weight excluding hydrogens is 244 g/mol. The molecule has 1 aromatic carbocycles. The third-order valence-corrected chi connectivity index (χ3v) is 4.94. The number of fused-ring (bicyclic) bond motifs is 1. The summed E-state index contributed by atoms with van der Waals surface area (Å²) >= 11 is 0. The molecule has 1 saturated carbocycles. The summed E-state index contributed by atoms with van der Waals surface area (Å²) in [6.07, 6.45) is 6.50. The van der Waals surface area contributed by atoms with Crippen molar-refractivity contribution in [2.75, 3.05) is 0 Å². The Labute approximate surface area is 121 Å². The Morgan fingerprint density at radius 3 is 2.60 bits per heavy atom. The minimum absolute atomic E-state index is 0.0948. The first kappa shape index (κ1) is 13.6. The van der Waals surface area contributed by atoms with Crippen LogP contribution in [0.15, 0.2) is 36.4 Å². The van der Waals surface area contributed by atoms with Gasteiger partial charge in [-0.3, -0.25) is 4.98 Å². The Balaban J connectivity index is 1.77. The lowest BCUT2D eigenvalue weighted by Crippen LogP contribution is -2.26. The average Bonchev–Trinajstić information content (AvgIpc) is 2.54. The molecule has 1 aliphatic carbocycles. The molecule has 2 nitrogen and oxygen atoms in total. The number of aromatic nitrogens is 1. The molecule has 1 aromatic heterocycles. The van der Waals surface area contributed by atoms with Crippen LogP contribution in [-0.2, 0) is 0 Å². The summed E-state index contributed by atoms with van der Waals surface area (Å²) in [4.78, 5) is 4.76. The molecular formula is C18H24N2. The first-order valence-corrected chi connectivity index (χ1v) is 7.89. The Hall–Kier alpha value is -1.41. The average molecular weight is 268 g/mol. The molecule has 3 rings (SSSR count). The number of hydrogen-bond acceptors (Lipinski definition) is 2. The van der Waals surface area contributed by atoms with Crippen LogP contribution in [-0.4, -0.2) is 4.98 Å². The van der Waals surface area contributed by atoms with E-state index < -0.39 is 0 Å². The molecule has 106 valence electrons. The summed E-state index contributed by atoms with van der Waals surface area (Å²) in [6.45, 7) is 2.30. The lowest BCUT2D eigenvalue weighted by molar-refractivity contribution is 0.238. The minimum Gasteiger partial charge on any atom is -0.322 e. The quantitative estimate of drug-likeness (QED) is 0.893. The number of nitrogens with two attached hydrogens (primary N) is 1. The Morgan fingerprint density at radius 1 is 1.10 bits per heavy atom. The van der Waals surface area contributed by atoms with Gasteiger partial charge in [0.05, 0.1) is 11.2 Å². The lowest BCUT2D eigenvalue weighted by atomic mass is 9.77. The third kappa shape index (κ3) is 2.71. The summed E-state index contributed by atoms with van der Waals surface area (Å²) in [6, 6.07) is 12.6. The molecule has 0 amide bonds. The molecule has 1 atom stereocenters. The maximum absolute atomic E-state index is 6.49. The summed E-state index contributed by atoms with van der Waals surface area (Å²) in [5, 5.41) is 1.19. The summed E-state index contributed by atoms with van der Waals surface area (Å²) in [5.41, 5.74) is 8.60. The van der Waals surface area contributed by atoms with Crippen molar-refractivity contribution in [1.29, 1.82) is 0 Å². The van der Waals surface area contributed by atoms with Gasteiger partial charge in [-0.2, -0.15) is 0 Å². The second-order valence-corrected chi connectivity index (χ2v) is 6.14. The fourth-order valence-corrected chi connectivity index (χ4v) is 3.46. The van der Waals surface area contributed by atoms with E-state index in [1.54, 1.807) is 0 Å². The molecule has 1 fully saturated rings. The lowest BCUT2D eigenvalue weighted by Gasteiger charge is -2.31. The highest BCUT2D eigenvalue weighted by Gasteiger charge is 2.26.